The molecule has 2 unspecified atom stereocenters. The third-order valence-electron chi connectivity index (χ3n) is 4.54. The lowest BCUT2D eigenvalue weighted by Crippen LogP contribution is -2.33. The Morgan fingerprint density at radius 2 is 2.03 bits per heavy atom. The van der Waals surface area contributed by atoms with Gasteiger partial charge in [-0.1, -0.05) is 0 Å². The molecule has 1 spiro atoms. The molecule has 1 N–H and O–H groups in total. The number of aromatic nitrogens is 3. The van der Waals surface area contributed by atoms with E-state index in [1.165, 1.54) is 0 Å². The van der Waals surface area contributed by atoms with E-state index in [1.54, 1.807) is 31.0 Å². The van der Waals surface area contributed by atoms with Crippen LogP contribution in [0.25, 0.3) is 0 Å². The topological polar surface area (TPSA) is 97.7 Å². The van der Waals surface area contributed by atoms with Crippen molar-refractivity contribution in [2.75, 3.05) is 24.6 Å². The van der Waals surface area contributed by atoms with Crippen molar-refractivity contribution in [2.24, 2.45) is 0 Å². The van der Waals surface area contributed by atoms with Crippen LogP contribution < -0.4 is 9.64 Å². The number of pyridine rings is 1. The third-order valence-corrected chi connectivity index (χ3v) is 4.54. The Morgan fingerprint density at radius 1 is 1.28 bits per heavy atom. The highest BCUT2D eigenvalue weighted by Gasteiger charge is 2.46. The van der Waals surface area contributed by atoms with Crippen molar-refractivity contribution in [3.63, 3.8) is 0 Å². The summed E-state index contributed by atoms with van der Waals surface area (Å²) in [6, 6.07) is 3.81. The molecule has 0 radical (unpaired) electrons. The number of halogens is 3. The molecule has 156 valence electrons. The van der Waals surface area contributed by atoms with Crippen LogP contribution in [-0.2, 0) is 9.53 Å². The molecule has 0 saturated carbocycles. The van der Waals surface area contributed by atoms with Gasteiger partial charge in [0.25, 0.3) is 0 Å². The van der Waals surface area contributed by atoms with Crippen molar-refractivity contribution in [3.05, 3.63) is 43.1 Å². The molecular formula is C18H19F3N4O4. The molecule has 0 amide bonds. The minimum absolute atomic E-state index is 0.0889. The van der Waals surface area contributed by atoms with Gasteiger partial charge in [0.05, 0.1) is 24.6 Å². The van der Waals surface area contributed by atoms with Crippen molar-refractivity contribution in [1.82, 2.24) is 15.0 Å². The number of rotatable bonds is 3. The van der Waals surface area contributed by atoms with Gasteiger partial charge in [-0.15, -0.1) is 0 Å². The molecule has 0 bridgehead atoms. The number of nitrogens with zero attached hydrogens (tertiary/aromatic N) is 4. The highest BCUT2D eigenvalue weighted by Crippen LogP contribution is 2.37. The SMILES string of the molecule is O=C(O)C(F)(F)F.c1cncc(OC2COC3(CCN(c4cnccn4)C3)C2)c1. The number of anilines is 1. The second-order valence-corrected chi connectivity index (χ2v) is 6.66. The molecule has 11 heteroatoms. The van der Waals surface area contributed by atoms with Gasteiger partial charge in [0.1, 0.15) is 17.7 Å². The van der Waals surface area contributed by atoms with Gasteiger partial charge >= 0.3 is 12.1 Å². The molecule has 2 aromatic rings. The number of carboxylic acids is 1. The van der Waals surface area contributed by atoms with E-state index in [4.69, 9.17) is 19.4 Å². The lowest BCUT2D eigenvalue weighted by Gasteiger charge is -2.23. The van der Waals surface area contributed by atoms with Crippen LogP contribution in [0, 0.1) is 0 Å². The van der Waals surface area contributed by atoms with Crippen molar-refractivity contribution < 1.29 is 32.5 Å². The number of aliphatic carboxylic acids is 1. The summed E-state index contributed by atoms with van der Waals surface area (Å²) in [6.45, 7) is 2.42. The van der Waals surface area contributed by atoms with Crippen molar-refractivity contribution >= 4 is 11.8 Å². The minimum Gasteiger partial charge on any atom is -0.486 e. The van der Waals surface area contributed by atoms with Crippen LogP contribution in [0.4, 0.5) is 19.0 Å². The number of hydrogen-bond donors (Lipinski definition) is 1. The number of alkyl halides is 3. The predicted octanol–water partition coefficient (Wildman–Crippen LogP) is 2.32. The number of carboxylic acid groups (broad SMARTS) is 1. The second-order valence-electron chi connectivity index (χ2n) is 6.66. The van der Waals surface area contributed by atoms with E-state index in [2.05, 4.69) is 19.9 Å². The van der Waals surface area contributed by atoms with Gasteiger partial charge in [0.2, 0.25) is 0 Å². The molecule has 4 rings (SSSR count). The van der Waals surface area contributed by atoms with Crippen LogP contribution in [0.2, 0.25) is 0 Å². The first kappa shape index (κ1) is 20.8. The van der Waals surface area contributed by atoms with Gasteiger partial charge in [0.15, 0.2) is 0 Å². The quantitative estimate of drug-likeness (QED) is 0.820. The summed E-state index contributed by atoms with van der Waals surface area (Å²) in [7, 11) is 0. The maximum absolute atomic E-state index is 10.6. The van der Waals surface area contributed by atoms with Crippen molar-refractivity contribution in [2.45, 2.75) is 30.7 Å². The van der Waals surface area contributed by atoms with Gasteiger partial charge in [-0.3, -0.25) is 9.97 Å². The molecule has 8 nitrogen and oxygen atoms in total. The Labute approximate surface area is 164 Å². The molecule has 29 heavy (non-hydrogen) atoms. The fourth-order valence-electron chi connectivity index (χ4n) is 3.27. The number of ether oxygens (including phenoxy) is 2. The Hall–Kier alpha value is -2.95. The Morgan fingerprint density at radius 3 is 2.66 bits per heavy atom. The average molecular weight is 412 g/mol. The molecule has 0 aliphatic carbocycles. The monoisotopic (exact) mass is 412 g/mol. The van der Waals surface area contributed by atoms with Crippen molar-refractivity contribution in [3.8, 4) is 5.75 Å². The van der Waals surface area contributed by atoms with Gasteiger partial charge < -0.3 is 19.5 Å². The van der Waals surface area contributed by atoms with Crippen LogP contribution in [0.1, 0.15) is 12.8 Å². The largest absolute Gasteiger partial charge is 0.490 e. The first-order chi connectivity index (χ1) is 13.8. The van der Waals surface area contributed by atoms with E-state index in [0.717, 1.165) is 37.5 Å². The molecule has 2 atom stereocenters. The highest BCUT2D eigenvalue weighted by molar-refractivity contribution is 5.73. The first-order valence-electron chi connectivity index (χ1n) is 8.79. The summed E-state index contributed by atoms with van der Waals surface area (Å²) >= 11 is 0. The molecular weight excluding hydrogens is 393 g/mol. The van der Waals surface area contributed by atoms with Gasteiger partial charge in [-0.2, -0.15) is 13.2 Å². The molecule has 2 aliphatic heterocycles. The Balaban J connectivity index is 0.000000298. The summed E-state index contributed by atoms with van der Waals surface area (Å²) < 4.78 is 43.8. The molecule has 2 aliphatic rings. The number of carbonyl (C=O) groups is 1. The molecule has 2 saturated heterocycles. The maximum atomic E-state index is 10.6. The first-order valence-corrected chi connectivity index (χ1v) is 8.79. The summed E-state index contributed by atoms with van der Waals surface area (Å²) in [4.78, 5) is 23.7. The fraction of sp³-hybridized carbons (Fsp3) is 0.444. The average Bonchev–Trinajstić information content (AvgIpc) is 3.30. The van der Waals surface area contributed by atoms with E-state index in [1.807, 2.05) is 12.1 Å². The van der Waals surface area contributed by atoms with Gasteiger partial charge in [-0.05, 0) is 18.6 Å². The van der Waals surface area contributed by atoms with E-state index in [-0.39, 0.29) is 11.7 Å². The van der Waals surface area contributed by atoms with Gasteiger partial charge in [0, 0.05) is 38.1 Å². The summed E-state index contributed by atoms with van der Waals surface area (Å²) in [6.07, 6.45) is 5.61. The zero-order valence-corrected chi connectivity index (χ0v) is 15.2. The van der Waals surface area contributed by atoms with E-state index < -0.39 is 12.1 Å². The fourth-order valence-corrected chi connectivity index (χ4v) is 3.27. The maximum Gasteiger partial charge on any atom is 0.490 e. The lowest BCUT2D eigenvalue weighted by atomic mass is 9.98. The van der Waals surface area contributed by atoms with E-state index in [9.17, 15) is 13.2 Å². The van der Waals surface area contributed by atoms with Gasteiger partial charge in [-0.25, -0.2) is 9.78 Å². The second kappa shape index (κ2) is 8.60. The molecule has 4 heterocycles. The standard InChI is InChI=1S/C16H18N4O2.C2HF3O2/c1-2-13(9-17-4-1)22-14-8-16(21-11-14)3-7-20(12-16)15-10-18-5-6-19-15;3-2(4,5)1(6)7/h1-2,4-6,9-10,14H,3,7-8,11-12H2;(H,6,7). The number of hydrogen-bond acceptors (Lipinski definition) is 7. The van der Waals surface area contributed by atoms with Crippen molar-refractivity contribution in [1.29, 1.82) is 0 Å². The van der Waals surface area contributed by atoms with Crippen LogP contribution in [0.3, 0.4) is 0 Å². The molecule has 2 fully saturated rings. The smallest absolute Gasteiger partial charge is 0.486 e. The van der Waals surface area contributed by atoms with E-state index in [0.29, 0.717) is 6.61 Å². The Kier molecular flexibility index (Phi) is 6.16. The van der Waals surface area contributed by atoms with Crippen LogP contribution in [0.5, 0.6) is 5.75 Å². The lowest BCUT2D eigenvalue weighted by molar-refractivity contribution is -0.192. The zero-order valence-electron chi connectivity index (χ0n) is 15.2. The van der Waals surface area contributed by atoms with E-state index >= 15 is 0 Å². The Bertz CT molecular complexity index is 810. The predicted molar refractivity (Wildman–Crippen MR) is 94.5 cm³/mol. The normalized spacial score (nSPS) is 23.6. The summed E-state index contributed by atoms with van der Waals surface area (Å²) in [5, 5.41) is 7.12. The summed E-state index contributed by atoms with van der Waals surface area (Å²) in [5.41, 5.74) is -0.121. The molecule has 2 aromatic heterocycles. The highest BCUT2D eigenvalue weighted by atomic mass is 19.4. The van der Waals surface area contributed by atoms with Crippen LogP contribution >= 0.6 is 0 Å². The third kappa shape index (κ3) is 5.53. The molecule has 0 aromatic carbocycles. The van der Waals surface area contributed by atoms with Crippen LogP contribution in [-0.4, -0.2) is 63.6 Å². The summed E-state index contributed by atoms with van der Waals surface area (Å²) in [5.74, 6) is -1.04. The van der Waals surface area contributed by atoms with Crippen LogP contribution in [0.15, 0.2) is 43.1 Å². The zero-order chi connectivity index (χ0) is 20.9. The minimum atomic E-state index is -5.08.